The molecule has 1 aromatic rings. The minimum absolute atomic E-state index is 0.0612. The van der Waals surface area contributed by atoms with Gasteiger partial charge in [-0.05, 0) is 44.5 Å². The van der Waals surface area contributed by atoms with Crippen molar-refractivity contribution < 1.29 is 9.84 Å². The molecule has 0 radical (unpaired) electrons. The Bertz CT molecular complexity index is 365. The maximum absolute atomic E-state index is 9.38. The van der Waals surface area contributed by atoms with E-state index in [-0.39, 0.29) is 12.1 Å². The van der Waals surface area contributed by atoms with Crippen LogP contribution in [-0.4, -0.2) is 30.4 Å². The highest BCUT2D eigenvalue weighted by Crippen LogP contribution is 2.20. The number of aliphatic hydroxyl groups is 1. The van der Waals surface area contributed by atoms with E-state index in [9.17, 15) is 5.11 Å². The van der Waals surface area contributed by atoms with E-state index >= 15 is 0 Å². The van der Waals surface area contributed by atoms with Crippen LogP contribution in [0.25, 0.3) is 0 Å². The van der Waals surface area contributed by atoms with Crippen LogP contribution in [0.5, 0.6) is 5.75 Å². The molecular formula is C14H23NO2. The molecule has 3 heteroatoms. The van der Waals surface area contributed by atoms with E-state index in [2.05, 4.69) is 11.4 Å². The lowest BCUT2D eigenvalue weighted by molar-refractivity contribution is 0.117. The topological polar surface area (TPSA) is 41.5 Å². The molecule has 0 saturated carbocycles. The largest absolute Gasteiger partial charge is 0.491 e. The predicted molar refractivity (Wildman–Crippen MR) is 70.6 cm³/mol. The fourth-order valence-electron chi connectivity index (χ4n) is 1.68. The molecule has 0 amide bonds. The Hall–Kier alpha value is -1.06. The highest BCUT2D eigenvalue weighted by molar-refractivity contribution is 5.36. The lowest BCUT2D eigenvalue weighted by atomic mass is 10.1. The van der Waals surface area contributed by atoms with Gasteiger partial charge in [0.05, 0.1) is 12.1 Å². The molecule has 0 aliphatic carbocycles. The van der Waals surface area contributed by atoms with Crippen LogP contribution in [0.3, 0.4) is 0 Å². The highest BCUT2D eigenvalue weighted by Gasteiger charge is 2.23. The van der Waals surface area contributed by atoms with Gasteiger partial charge in [-0.3, -0.25) is 0 Å². The van der Waals surface area contributed by atoms with Gasteiger partial charge in [-0.25, -0.2) is 0 Å². The van der Waals surface area contributed by atoms with Gasteiger partial charge in [0, 0.05) is 0 Å². The summed E-state index contributed by atoms with van der Waals surface area (Å²) in [5.41, 5.74) is 1.91. The third-order valence-corrected chi connectivity index (χ3v) is 2.84. The summed E-state index contributed by atoms with van der Waals surface area (Å²) < 4.78 is 5.80. The Morgan fingerprint density at radius 2 is 2.06 bits per heavy atom. The van der Waals surface area contributed by atoms with Crippen molar-refractivity contribution in [1.29, 1.82) is 0 Å². The molecule has 0 bridgehead atoms. The molecule has 1 atom stereocenters. The summed E-state index contributed by atoms with van der Waals surface area (Å²) in [5, 5.41) is 12.6. The molecule has 0 aromatic heterocycles. The molecule has 17 heavy (non-hydrogen) atoms. The van der Waals surface area contributed by atoms with Gasteiger partial charge in [-0.2, -0.15) is 0 Å². The predicted octanol–water partition coefficient (Wildman–Crippen LogP) is 2.04. The van der Waals surface area contributed by atoms with Crippen molar-refractivity contribution in [2.24, 2.45) is 0 Å². The second kappa shape index (κ2) is 6.03. The molecule has 0 saturated heterocycles. The summed E-state index contributed by atoms with van der Waals surface area (Å²) in [4.78, 5) is 0. The van der Waals surface area contributed by atoms with Gasteiger partial charge in [0.1, 0.15) is 12.4 Å². The SMILES string of the molecule is CCNC(C)(CO)COc1cc(C)ccc1C. The van der Waals surface area contributed by atoms with Crippen molar-refractivity contribution in [2.45, 2.75) is 33.2 Å². The van der Waals surface area contributed by atoms with Crippen LogP contribution in [0.2, 0.25) is 0 Å². The number of benzene rings is 1. The van der Waals surface area contributed by atoms with Crippen molar-refractivity contribution >= 4 is 0 Å². The summed E-state index contributed by atoms with van der Waals surface area (Å²) in [6.45, 7) is 9.38. The molecule has 2 N–H and O–H groups in total. The van der Waals surface area contributed by atoms with Gasteiger partial charge in [-0.15, -0.1) is 0 Å². The molecule has 96 valence electrons. The van der Waals surface area contributed by atoms with Crippen LogP contribution in [0.15, 0.2) is 18.2 Å². The average molecular weight is 237 g/mol. The van der Waals surface area contributed by atoms with E-state index in [4.69, 9.17) is 4.74 Å². The normalized spacial score (nSPS) is 14.4. The molecular weight excluding hydrogens is 214 g/mol. The monoisotopic (exact) mass is 237 g/mol. The summed E-state index contributed by atoms with van der Waals surface area (Å²) in [7, 11) is 0. The van der Waals surface area contributed by atoms with Gasteiger partial charge in [0.15, 0.2) is 0 Å². The van der Waals surface area contributed by atoms with E-state index in [0.717, 1.165) is 17.9 Å². The number of rotatable bonds is 6. The van der Waals surface area contributed by atoms with Crippen LogP contribution < -0.4 is 10.1 Å². The minimum Gasteiger partial charge on any atom is -0.491 e. The van der Waals surface area contributed by atoms with Crippen LogP contribution in [0.1, 0.15) is 25.0 Å². The Morgan fingerprint density at radius 1 is 1.35 bits per heavy atom. The third kappa shape index (κ3) is 4.02. The third-order valence-electron chi connectivity index (χ3n) is 2.84. The molecule has 0 aliphatic heterocycles. The zero-order valence-corrected chi connectivity index (χ0v) is 11.2. The van der Waals surface area contributed by atoms with Crippen molar-refractivity contribution in [3.05, 3.63) is 29.3 Å². The summed E-state index contributed by atoms with van der Waals surface area (Å²) in [6.07, 6.45) is 0. The quantitative estimate of drug-likeness (QED) is 0.795. The van der Waals surface area contributed by atoms with E-state index in [1.54, 1.807) is 0 Å². The van der Waals surface area contributed by atoms with Crippen molar-refractivity contribution in [3.63, 3.8) is 0 Å². The van der Waals surface area contributed by atoms with Gasteiger partial charge >= 0.3 is 0 Å². The molecule has 0 fully saturated rings. The number of hydrogen-bond acceptors (Lipinski definition) is 3. The van der Waals surface area contributed by atoms with Crippen LogP contribution >= 0.6 is 0 Å². The first-order chi connectivity index (χ1) is 8.00. The summed E-state index contributed by atoms with van der Waals surface area (Å²) in [6, 6.07) is 6.14. The fraction of sp³-hybridized carbons (Fsp3) is 0.571. The first-order valence-corrected chi connectivity index (χ1v) is 6.06. The van der Waals surface area contributed by atoms with Crippen molar-refractivity contribution in [1.82, 2.24) is 5.32 Å². The van der Waals surface area contributed by atoms with Gasteiger partial charge in [0.25, 0.3) is 0 Å². The molecule has 3 nitrogen and oxygen atoms in total. The van der Waals surface area contributed by atoms with Crippen LogP contribution in [0, 0.1) is 13.8 Å². The molecule has 1 aromatic carbocycles. The average Bonchev–Trinajstić information content (AvgIpc) is 2.31. The second-order valence-corrected chi connectivity index (χ2v) is 4.81. The van der Waals surface area contributed by atoms with Gasteiger partial charge in [-0.1, -0.05) is 19.1 Å². The van der Waals surface area contributed by atoms with E-state index in [1.165, 1.54) is 5.56 Å². The zero-order chi connectivity index (χ0) is 12.9. The number of aliphatic hydroxyl groups excluding tert-OH is 1. The van der Waals surface area contributed by atoms with Crippen LogP contribution in [-0.2, 0) is 0 Å². The maximum Gasteiger partial charge on any atom is 0.122 e. The Balaban J connectivity index is 2.68. The zero-order valence-electron chi connectivity index (χ0n) is 11.2. The summed E-state index contributed by atoms with van der Waals surface area (Å²) in [5.74, 6) is 0.891. The highest BCUT2D eigenvalue weighted by atomic mass is 16.5. The lowest BCUT2D eigenvalue weighted by Gasteiger charge is -2.28. The van der Waals surface area contributed by atoms with Gasteiger partial charge in [0.2, 0.25) is 0 Å². The Labute approximate surface area is 104 Å². The lowest BCUT2D eigenvalue weighted by Crippen LogP contribution is -2.50. The first-order valence-electron chi connectivity index (χ1n) is 6.06. The fourth-order valence-corrected chi connectivity index (χ4v) is 1.68. The Kier molecular flexibility index (Phi) is 4.97. The maximum atomic E-state index is 9.38. The molecule has 0 aliphatic rings. The van der Waals surface area contributed by atoms with Gasteiger partial charge < -0.3 is 15.2 Å². The number of hydrogen-bond donors (Lipinski definition) is 2. The Morgan fingerprint density at radius 3 is 2.65 bits per heavy atom. The molecule has 1 unspecified atom stereocenters. The summed E-state index contributed by atoms with van der Waals surface area (Å²) >= 11 is 0. The van der Waals surface area contributed by atoms with Crippen LogP contribution in [0.4, 0.5) is 0 Å². The number of nitrogens with one attached hydrogen (secondary N) is 1. The number of ether oxygens (including phenoxy) is 1. The van der Waals surface area contributed by atoms with E-state index < -0.39 is 0 Å². The van der Waals surface area contributed by atoms with E-state index in [0.29, 0.717) is 6.61 Å². The number of likely N-dealkylation sites (N-methyl/N-ethyl adjacent to an activating group) is 1. The van der Waals surface area contributed by atoms with Crippen molar-refractivity contribution in [3.8, 4) is 5.75 Å². The van der Waals surface area contributed by atoms with Crippen molar-refractivity contribution in [2.75, 3.05) is 19.8 Å². The first kappa shape index (κ1) is 14.0. The smallest absolute Gasteiger partial charge is 0.122 e. The molecule has 0 spiro atoms. The molecule has 0 heterocycles. The molecule has 1 rings (SSSR count). The minimum atomic E-state index is -0.384. The van der Waals surface area contributed by atoms with E-state index in [1.807, 2.05) is 39.8 Å². The second-order valence-electron chi connectivity index (χ2n) is 4.81. The number of aryl methyl sites for hydroxylation is 2. The standard InChI is InChI=1S/C14H23NO2/c1-5-15-14(4,9-16)10-17-13-8-11(2)6-7-12(13)3/h6-8,15-16H,5,9-10H2,1-4H3.